The monoisotopic (exact) mass is 1070 g/mol. The van der Waals surface area contributed by atoms with E-state index in [9.17, 15) is 0 Å². The lowest BCUT2D eigenvalue weighted by Gasteiger charge is -2.29. The molecular formula is C52H72Br2N4O2S4. The molecule has 64 heavy (non-hydrogen) atoms. The van der Waals surface area contributed by atoms with E-state index in [1.807, 2.05) is 22.2 Å². The van der Waals surface area contributed by atoms with E-state index in [-0.39, 0.29) is 11.8 Å². The van der Waals surface area contributed by atoms with Gasteiger partial charge in [-0.2, -0.15) is 0 Å². The molecule has 350 valence electrons. The number of hydrogen-bond acceptors (Lipinski definition) is 8. The van der Waals surface area contributed by atoms with Crippen molar-refractivity contribution in [2.24, 2.45) is 11.8 Å². The van der Waals surface area contributed by atoms with E-state index >= 15 is 9.59 Å². The van der Waals surface area contributed by atoms with Gasteiger partial charge in [-0.1, -0.05) is 156 Å². The van der Waals surface area contributed by atoms with Crippen LogP contribution in [0.15, 0.2) is 55.4 Å². The van der Waals surface area contributed by atoms with Crippen molar-refractivity contribution in [2.75, 3.05) is 13.1 Å². The van der Waals surface area contributed by atoms with Gasteiger partial charge in [-0.05, 0) is 93.6 Å². The molecular weight excluding hydrogens is 1000 g/mol. The Labute approximate surface area is 418 Å². The lowest BCUT2D eigenvalue weighted by atomic mass is 9.93. The molecule has 0 N–H and O–H groups in total. The molecule has 6 rings (SSSR count). The van der Waals surface area contributed by atoms with Crippen molar-refractivity contribution in [2.45, 2.75) is 182 Å². The summed E-state index contributed by atoms with van der Waals surface area (Å²) in [6.07, 6.45) is 32.9. The van der Waals surface area contributed by atoms with Crippen LogP contribution < -0.4 is 0 Å². The summed E-state index contributed by atoms with van der Waals surface area (Å²) in [6, 6.07) is 8.39. The maximum absolute atomic E-state index is 15.6. The van der Waals surface area contributed by atoms with Gasteiger partial charge in [0.1, 0.15) is 10.0 Å². The molecule has 6 nitrogen and oxygen atoms in total. The first-order valence-corrected chi connectivity index (χ1v) is 29.7. The second kappa shape index (κ2) is 27.1. The summed E-state index contributed by atoms with van der Waals surface area (Å²) in [5, 5.41) is 1.51. The van der Waals surface area contributed by atoms with E-state index < -0.39 is 0 Å². The van der Waals surface area contributed by atoms with Gasteiger partial charge in [0.2, 0.25) is 0 Å². The molecule has 0 bridgehead atoms. The molecule has 0 spiro atoms. The second-order valence-corrected chi connectivity index (χ2v) is 25.1. The van der Waals surface area contributed by atoms with Crippen LogP contribution in [0.25, 0.3) is 30.9 Å². The van der Waals surface area contributed by atoms with Gasteiger partial charge in [-0.25, -0.2) is 9.97 Å². The van der Waals surface area contributed by atoms with Gasteiger partial charge in [0, 0.05) is 35.2 Å². The predicted molar refractivity (Wildman–Crippen MR) is 284 cm³/mol. The number of thiazole rings is 2. The van der Waals surface area contributed by atoms with Crippen molar-refractivity contribution in [3.05, 3.63) is 65.4 Å². The molecule has 6 heterocycles. The normalized spacial score (nSPS) is 15.2. The zero-order valence-corrected chi connectivity index (χ0v) is 45.4. The first-order valence-electron chi connectivity index (χ1n) is 24.8. The molecule has 2 amide bonds. The SMILES string of the molecule is CCCCCCCCC(CCCCCC)CN1C(=O)C2=C(c3ncc(-c4ccc(Br)s4)s3)N(CC(CCCCCC)CCCCCCCC)C(=O)C2=C1c1ncc(-c2ccc(Br)s2)s1. The number of unbranched alkanes of at least 4 members (excludes halogenated alkanes) is 16. The smallest absolute Gasteiger partial charge is 0.261 e. The largest absolute Gasteiger partial charge is 0.304 e. The fraction of sp³-hybridized carbons (Fsp3) is 0.615. The molecule has 0 aliphatic carbocycles. The number of aromatic nitrogens is 2. The molecule has 2 aliphatic heterocycles. The summed E-state index contributed by atoms with van der Waals surface area (Å²) >= 11 is 13.9. The number of rotatable bonds is 32. The molecule has 4 aromatic rings. The summed E-state index contributed by atoms with van der Waals surface area (Å²) in [5.41, 5.74) is 2.51. The molecule has 4 aromatic heterocycles. The van der Waals surface area contributed by atoms with Crippen LogP contribution in [0, 0.1) is 11.8 Å². The highest BCUT2D eigenvalue weighted by Gasteiger charge is 2.51. The number of halogens is 2. The van der Waals surface area contributed by atoms with Gasteiger partial charge >= 0.3 is 0 Å². The summed E-state index contributed by atoms with van der Waals surface area (Å²) in [7, 11) is 0. The fourth-order valence-corrected chi connectivity index (χ4v) is 14.3. The third-order valence-electron chi connectivity index (χ3n) is 13.0. The molecule has 2 unspecified atom stereocenters. The summed E-state index contributed by atoms with van der Waals surface area (Å²) in [5.74, 6) is 0.578. The van der Waals surface area contributed by atoms with Crippen LogP contribution in [-0.4, -0.2) is 44.7 Å². The number of hydrogen-bond donors (Lipinski definition) is 0. The molecule has 0 radical (unpaired) electrons. The van der Waals surface area contributed by atoms with Crippen LogP contribution in [0.4, 0.5) is 0 Å². The molecule has 2 aliphatic rings. The maximum atomic E-state index is 15.6. The van der Waals surface area contributed by atoms with Crippen molar-refractivity contribution < 1.29 is 9.59 Å². The van der Waals surface area contributed by atoms with Gasteiger partial charge in [0.25, 0.3) is 11.8 Å². The first-order chi connectivity index (χ1) is 31.3. The molecule has 0 saturated heterocycles. The van der Waals surface area contributed by atoms with Crippen LogP contribution in [0.1, 0.15) is 192 Å². The molecule has 2 atom stereocenters. The number of amides is 2. The zero-order valence-electron chi connectivity index (χ0n) is 39.0. The van der Waals surface area contributed by atoms with Crippen molar-refractivity contribution in [3.8, 4) is 19.5 Å². The molecule has 12 heteroatoms. The van der Waals surface area contributed by atoms with E-state index in [4.69, 9.17) is 9.97 Å². The van der Waals surface area contributed by atoms with Crippen molar-refractivity contribution >= 4 is 100 Å². The van der Waals surface area contributed by atoms with E-state index in [0.717, 1.165) is 75.6 Å². The van der Waals surface area contributed by atoms with Crippen molar-refractivity contribution in [1.29, 1.82) is 0 Å². The summed E-state index contributed by atoms with van der Waals surface area (Å²) in [4.78, 5) is 49.7. The summed E-state index contributed by atoms with van der Waals surface area (Å²) in [6.45, 7) is 10.3. The van der Waals surface area contributed by atoms with Crippen molar-refractivity contribution in [1.82, 2.24) is 19.8 Å². The Bertz CT molecular complexity index is 1980. The average Bonchev–Trinajstić information content (AvgIpc) is 4.17. The Morgan fingerprint density at radius 1 is 0.453 bits per heavy atom. The lowest BCUT2D eigenvalue weighted by Crippen LogP contribution is -2.35. The van der Waals surface area contributed by atoms with E-state index in [1.54, 1.807) is 45.3 Å². The zero-order chi connectivity index (χ0) is 45.3. The Hall–Kier alpha value is -1.96. The van der Waals surface area contributed by atoms with Gasteiger partial charge in [-0.3, -0.25) is 9.59 Å². The van der Waals surface area contributed by atoms with Crippen LogP contribution >= 0.6 is 77.2 Å². The van der Waals surface area contributed by atoms with Gasteiger partial charge < -0.3 is 9.80 Å². The van der Waals surface area contributed by atoms with Crippen LogP contribution in [-0.2, 0) is 9.59 Å². The highest BCUT2D eigenvalue weighted by atomic mass is 79.9. The molecule has 0 fully saturated rings. The highest BCUT2D eigenvalue weighted by molar-refractivity contribution is 9.11. The minimum atomic E-state index is -0.0565. The second-order valence-electron chi connectivity index (χ2n) is 18.1. The van der Waals surface area contributed by atoms with Crippen molar-refractivity contribution in [3.63, 3.8) is 0 Å². The number of carbonyl (C=O) groups excluding carboxylic acids is 2. The van der Waals surface area contributed by atoms with Crippen LogP contribution in [0.5, 0.6) is 0 Å². The standard InChI is InChI=1S/C52H72Br2N4O2S4/c1-5-9-13-17-19-23-27-37(25-21-15-11-7-3)35-57-47(49-55-33-41(63-49)39-29-31-43(53)61-39)45-46(51(57)59)48(50-56-34-42(64-50)40-30-32-44(54)62-40)58(52(45)60)36-38(26-22-16-12-8-4)28-24-20-18-14-10-6-2/h29-34,37-38H,5-28,35-36H2,1-4H3. The van der Waals surface area contributed by atoms with Crippen LogP contribution in [0.2, 0.25) is 0 Å². The highest BCUT2D eigenvalue weighted by Crippen LogP contribution is 2.50. The molecule has 0 aromatic carbocycles. The average molecular weight is 1070 g/mol. The van der Waals surface area contributed by atoms with E-state index in [1.165, 1.54) is 116 Å². The Kier molecular flexibility index (Phi) is 21.8. The van der Waals surface area contributed by atoms with E-state index in [0.29, 0.717) is 47.5 Å². The maximum Gasteiger partial charge on any atom is 0.261 e. The lowest BCUT2D eigenvalue weighted by molar-refractivity contribution is -0.124. The number of nitrogens with zero attached hydrogens (tertiary/aromatic N) is 4. The number of fused-ring (bicyclic) bond motifs is 1. The minimum Gasteiger partial charge on any atom is -0.304 e. The van der Waals surface area contributed by atoms with E-state index in [2.05, 4.69) is 83.8 Å². The third-order valence-corrected chi connectivity index (χ3v) is 18.6. The Balaban J connectivity index is 1.42. The Morgan fingerprint density at radius 2 is 0.781 bits per heavy atom. The van der Waals surface area contributed by atoms with Gasteiger partial charge in [-0.15, -0.1) is 45.3 Å². The number of carbonyl (C=O) groups is 2. The number of thiophene rings is 2. The predicted octanol–water partition coefficient (Wildman–Crippen LogP) is 18.1. The Morgan fingerprint density at radius 3 is 1.11 bits per heavy atom. The first kappa shape index (κ1) is 51.4. The minimum absolute atomic E-state index is 0.0565. The third kappa shape index (κ3) is 14.1. The summed E-state index contributed by atoms with van der Waals surface area (Å²) < 4.78 is 2.13. The van der Waals surface area contributed by atoms with Crippen LogP contribution in [0.3, 0.4) is 0 Å². The topological polar surface area (TPSA) is 66.4 Å². The van der Waals surface area contributed by atoms with Gasteiger partial charge in [0.15, 0.2) is 0 Å². The van der Waals surface area contributed by atoms with Gasteiger partial charge in [0.05, 0.1) is 39.9 Å². The quantitative estimate of drug-likeness (QED) is 0.0457. The molecule has 0 saturated carbocycles. The fourth-order valence-electron chi connectivity index (χ4n) is 9.39.